The molecule has 0 bridgehead atoms. The first kappa shape index (κ1) is 15.3. The van der Waals surface area contributed by atoms with E-state index in [0.29, 0.717) is 0 Å². The van der Waals surface area contributed by atoms with E-state index in [2.05, 4.69) is 6.92 Å². The van der Waals surface area contributed by atoms with E-state index in [1.807, 2.05) is 42.2 Å². The zero-order chi connectivity index (χ0) is 14.1. The molecular formula is C16H23NO2. The maximum atomic E-state index is 12.0. The highest BCUT2D eigenvalue weighted by molar-refractivity contribution is 5.91. The van der Waals surface area contributed by atoms with Gasteiger partial charge in [0.2, 0.25) is 5.91 Å². The summed E-state index contributed by atoms with van der Waals surface area (Å²) in [5.74, 6) is 0.897. The van der Waals surface area contributed by atoms with Crippen LogP contribution in [-0.2, 0) is 4.79 Å². The van der Waals surface area contributed by atoms with Gasteiger partial charge in [-0.1, -0.05) is 25.5 Å². The van der Waals surface area contributed by atoms with E-state index in [-0.39, 0.29) is 5.91 Å². The van der Waals surface area contributed by atoms with Gasteiger partial charge in [0.25, 0.3) is 0 Å². The van der Waals surface area contributed by atoms with E-state index < -0.39 is 0 Å². The molecule has 0 fully saturated rings. The van der Waals surface area contributed by atoms with Gasteiger partial charge in [0.15, 0.2) is 0 Å². The summed E-state index contributed by atoms with van der Waals surface area (Å²) in [7, 11) is 1.64. The number of nitrogens with zero attached hydrogens (tertiary/aromatic N) is 1. The summed E-state index contributed by atoms with van der Waals surface area (Å²) >= 11 is 0. The van der Waals surface area contributed by atoms with Crippen LogP contribution < -0.4 is 4.74 Å². The summed E-state index contributed by atoms with van der Waals surface area (Å²) in [4.78, 5) is 13.9. The lowest BCUT2D eigenvalue weighted by molar-refractivity contribution is -0.125. The van der Waals surface area contributed by atoms with Crippen molar-refractivity contribution in [2.45, 2.75) is 26.7 Å². The maximum Gasteiger partial charge on any atom is 0.246 e. The topological polar surface area (TPSA) is 29.5 Å². The Morgan fingerprint density at radius 2 is 1.95 bits per heavy atom. The van der Waals surface area contributed by atoms with Crippen LogP contribution in [0.3, 0.4) is 0 Å². The number of amides is 1. The van der Waals surface area contributed by atoms with Gasteiger partial charge in [-0.25, -0.2) is 0 Å². The van der Waals surface area contributed by atoms with Crippen LogP contribution in [0.5, 0.6) is 5.75 Å². The molecule has 0 heterocycles. The lowest BCUT2D eigenvalue weighted by atomic mass is 10.2. The van der Waals surface area contributed by atoms with E-state index in [9.17, 15) is 4.79 Å². The van der Waals surface area contributed by atoms with E-state index in [0.717, 1.165) is 37.2 Å². The Bertz CT molecular complexity index is 409. The summed E-state index contributed by atoms with van der Waals surface area (Å²) in [5, 5.41) is 0. The first-order valence-electron chi connectivity index (χ1n) is 6.82. The van der Waals surface area contributed by atoms with Crippen molar-refractivity contribution >= 4 is 12.0 Å². The molecule has 0 aliphatic carbocycles. The monoisotopic (exact) mass is 261 g/mol. The lowest BCUT2D eigenvalue weighted by Gasteiger charge is -2.18. The predicted octanol–water partition coefficient (Wildman–Crippen LogP) is 3.36. The molecule has 1 rings (SSSR count). The summed E-state index contributed by atoms with van der Waals surface area (Å²) in [6.45, 7) is 5.73. The largest absolute Gasteiger partial charge is 0.497 e. The van der Waals surface area contributed by atoms with Crippen LogP contribution in [0, 0.1) is 0 Å². The minimum atomic E-state index is 0.0757. The molecule has 0 N–H and O–H groups in total. The van der Waals surface area contributed by atoms with E-state index in [1.165, 1.54) is 0 Å². The van der Waals surface area contributed by atoms with Crippen LogP contribution in [0.2, 0.25) is 0 Å². The minimum Gasteiger partial charge on any atom is -0.497 e. The number of benzene rings is 1. The SMILES string of the molecule is CCCCN(CC)C(=O)C=Cc1ccc(OC)cc1. The maximum absolute atomic E-state index is 12.0. The minimum absolute atomic E-state index is 0.0757. The number of rotatable bonds is 7. The Morgan fingerprint density at radius 3 is 2.47 bits per heavy atom. The second-order valence-electron chi connectivity index (χ2n) is 4.38. The van der Waals surface area contributed by atoms with Crippen molar-refractivity contribution in [3.05, 3.63) is 35.9 Å². The predicted molar refractivity (Wildman–Crippen MR) is 79.2 cm³/mol. The fourth-order valence-electron chi connectivity index (χ4n) is 1.76. The number of unbranched alkanes of at least 4 members (excludes halogenated alkanes) is 1. The second kappa shape index (κ2) is 8.35. The highest BCUT2D eigenvalue weighted by atomic mass is 16.5. The lowest BCUT2D eigenvalue weighted by Crippen LogP contribution is -2.30. The van der Waals surface area contributed by atoms with Gasteiger partial charge in [0.05, 0.1) is 7.11 Å². The van der Waals surface area contributed by atoms with Crippen LogP contribution in [0.1, 0.15) is 32.3 Å². The number of likely N-dealkylation sites (N-methyl/N-ethyl adjacent to an activating group) is 1. The Hall–Kier alpha value is -1.77. The molecule has 19 heavy (non-hydrogen) atoms. The van der Waals surface area contributed by atoms with Gasteiger partial charge >= 0.3 is 0 Å². The first-order valence-corrected chi connectivity index (χ1v) is 6.82. The average Bonchev–Trinajstić information content (AvgIpc) is 2.46. The molecule has 0 spiro atoms. The van der Waals surface area contributed by atoms with Gasteiger partial charge in [-0.2, -0.15) is 0 Å². The molecule has 1 aromatic rings. The third kappa shape index (κ3) is 5.16. The third-order valence-corrected chi connectivity index (χ3v) is 3.01. The zero-order valence-corrected chi connectivity index (χ0v) is 12.1. The molecule has 3 nitrogen and oxygen atoms in total. The van der Waals surface area contributed by atoms with Gasteiger partial charge in [-0.3, -0.25) is 4.79 Å². The number of ether oxygens (including phenoxy) is 1. The van der Waals surface area contributed by atoms with Crippen LogP contribution in [0.4, 0.5) is 0 Å². The molecule has 0 saturated heterocycles. The molecule has 0 aliphatic rings. The fourth-order valence-corrected chi connectivity index (χ4v) is 1.76. The van der Waals surface area contributed by atoms with Gasteiger partial charge in [-0.05, 0) is 37.1 Å². The zero-order valence-electron chi connectivity index (χ0n) is 12.1. The summed E-state index contributed by atoms with van der Waals surface area (Å²) in [6, 6.07) is 7.65. The van der Waals surface area contributed by atoms with Gasteiger partial charge in [0.1, 0.15) is 5.75 Å². The van der Waals surface area contributed by atoms with Crippen molar-refractivity contribution in [3.63, 3.8) is 0 Å². The number of carbonyl (C=O) groups excluding carboxylic acids is 1. The van der Waals surface area contributed by atoms with Crippen molar-refractivity contribution < 1.29 is 9.53 Å². The average molecular weight is 261 g/mol. The Balaban J connectivity index is 2.60. The Morgan fingerprint density at radius 1 is 1.26 bits per heavy atom. The van der Waals surface area contributed by atoms with Gasteiger partial charge < -0.3 is 9.64 Å². The standard InChI is InChI=1S/C16H23NO2/c1-4-6-13-17(5-2)16(18)12-9-14-7-10-15(19-3)11-8-14/h7-12H,4-6,13H2,1-3H3. The molecule has 1 amide bonds. The normalized spacial score (nSPS) is 10.7. The van der Waals surface area contributed by atoms with Crippen LogP contribution >= 0.6 is 0 Å². The van der Waals surface area contributed by atoms with Crippen LogP contribution in [0.25, 0.3) is 6.08 Å². The fraction of sp³-hybridized carbons (Fsp3) is 0.438. The summed E-state index contributed by atoms with van der Waals surface area (Å²) in [6.07, 6.45) is 5.64. The van der Waals surface area contributed by atoms with E-state index >= 15 is 0 Å². The molecule has 3 heteroatoms. The van der Waals surface area contributed by atoms with Crippen LogP contribution in [-0.4, -0.2) is 31.0 Å². The van der Waals surface area contributed by atoms with E-state index in [4.69, 9.17) is 4.74 Å². The molecule has 0 unspecified atom stereocenters. The third-order valence-electron chi connectivity index (χ3n) is 3.01. The van der Waals surface area contributed by atoms with Gasteiger partial charge in [-0.15, -0.1) is 0 Å². The number of hydrogen-bond donors (Lipinski definition) is 0. The summed E-state index contributed by atoms with van der Waals surface area (Å²) < 4.78 is 5.10. The van der Waals surface area contributed by atoms with Crippen molar-refractivity contribution in [3.8, 4) is 5.75 Å². The van der Waals surface area contributed by atoms with Gasteiger partial charge in [0, 0.05) is 19.2 Å². The molecule has 104 valence electrons. The quantitative estimate of drug-likeness (QED) is 0.704. The Labute approximate surface area is 115 Å². The molecule has 0 aliphatic heterocycles. The van der Waals surface area contributed by atoms with Crippen molar-refractivity contribution in [2.24, 2.45) is 0 Å². The molecule has 1 aromatic carbocycles. The second-order valence-corrected chi connectivity index (χ2v) is 4.38. The highest BCUT2D eigenvalue weighted by Gasteiger charge is 2.06. The molecule has 0 aromatic heterocycles. The van der Waals surface area contributed by atoms with E-state index in [1.54, 1.807) is 13.2 Å². The molecule has 0 radical (unpaired) electrons. The Kier molecular flexibility index (Phi) is 6.72. The molecule has 0 saturated carbocycles. The van der Waals surface area contributed by atoms with Crippen LogP contribution in [0.15, 0.2) is 30.3 Å². The number of carbonyl (C=O) groups is 1. The molecular weight excluding hydrogens is 238 g/mol. The summed E-state index contributed by atoms with van der Waals surface area (Å²) in [5.41, 5.74) is 1.00. The first-order chi connectivity index (χ1) is 9.21. The van der Waals surface area contributed by atoms with Crippen molar-refractivity contribution in [1.29, 1.82) is 0 Å². The number of methoxy groups -OCH3 is 1. The highest BCUT2D eigenvalue weighted by Crippen LogP contribution is 2.12. The van der Waals surface area contributed by atoms with Crippen molar-refractivity contribution in [1.82, 2.24) is 4.90 Å². The molecule has 0 atom stereocenters. The van der Waals surface area contributed by atoms with Crippen molar-refractivity contribution in [2.75, 3.05) is 20.2 Å². The smallest absolute Gasteiger partial charge is 0.246 e. The number of hydrogen-bond acceptors (Lipinski definition) is 2.